The highest BCUT2D eigenvalue weighted by Crippen LogP contribution is 2.39. The maximum Gasteiger partial charge on any atom is 0.128 e. The number of thioether (sulfide) groups is 1. The Morgan fingerprint density at radius 1 is 1.12 bits per heavy atom. The van der Waals surface area contributed by atoms with Crippen LogP contribution in [0.3, 0.4) is 0 Å². The maximum atomic E-state index is 5.73. The molecule has 0 atom stereocenters. The number of nitrogens with two attached hydrogens (primary N) is 1. The van der Waals surface area contributed by atoms with Gasteiger partial charge < -0.3 is 15.5 Å². The molecular formula is C22H28N2OS. The summed E-state index contributed by atoms with van der Waals surface area (Å²) in [5.74, 6) is 0.906. The number of hydrogen-bond acceptors (Lipinski definition) is 3. The van der Waals surface area contributed by atoms with Gasteiger partial charge in [0.1, 0.15) is 5.75 Å². The van der Waals surface area contributed by atoms with Crippen molar-refractivity contribution in [2.75, 3.05) is 19.9 Å². The van der Waals surface area contributed by atoms with Crippen LogP contribution in [0.1, 0.15) is 29.5 Å². The molecule has 138 valence electrons. The molecular weight excluding hydrogens is 340 g/mol. The zero-order chi connectivity index (χ0) is 18.7. The van der Waals surface area contributed by atoms with Crippen LogP contribution in [0.15, 0.2) is 35.2 Å². The van der Waals surface area contributed by atoms with E-state index in [0.717, 1.165) is 37.1 Å². The minimum atomic E-state index is 0.737. The van der Waals surface area contributed by atoms with Crippen LogP contribution in [0.4, 0.5) is 0 Å². The first kappa shape index (κ1) is 18.9. The standard InChI is InChI=1S/C22H28N2OS/c1-14-8-10-18-17(7-5-6-12-23)22(24-21(18)15(14)2)19-13-16(26-4)9-11-20(19)25-3/h8-11,13,24H,5-7,12,23H2,1-4H3. The van der Waals surface area contributed by atoms with Gasteiger partial charge in [-0.15, -0.1) is 11.8 Å². The number of unbranched alkanes of at least 4 members (excludes halogenated alkanes) is 1. The third kappa shape index (κ3) is 3.49. The van der Waals surface area contributed by atoms with Crippen LogP contribution in [0.25, 0.3) is 22.2 Å². The normalized spacial score (nSPS) is 11.3. The summed E-state index contributed by atoms with van der Waals surface area (Å²) in [5, 5.41) is 1.32. The summed E-state index contributed by atoms with van der Waals surface area (Å²) in [6.07, 6.45) is 5.25. The second kappa shape index (κ2) is 8.19. The predicted octanol–water partition coefficient (Wildman–Crippen LogP) is 5.46. The largest absolute Gasteiger partial charge is 0.496 e. The highest BCUT2D eigenvalue weighted by atomic mass is 32.2. The summed E-state index contributed by atoms with van der Waals surface area (Å²) in [6, 6.07) is 10.9. The van der Waals surface area contributed by atoms with E-state index in [9.17, 15) is 0 Å². The van der Waals surface area contributed by atoms with Crippen LogP contribution in [0.5, 0.6) is 5.75 Å². The van der Waals surface area contributed by atoms with E-state index in [4.69, 9.17) is 10.5 Å². The Morgan fingerprint density at radius 3 is 2.62 bits per heavy atom. The van der Waals surface area contributed by atoms with Crippen LogP contribution in [-0.4, -0.2) is 24.9 Å². The SMILES string of the molecule is COc1ccc(SC)cc1-c1[nH]c2c(C)c(C)ccc2c1CCCCN. The minimum Gasteiger partial charge on any atom is -0.496 e. The number of ether oxygens (including phenoxy) is 1. The van der Waals surface area contributed by atoms with E-state index in [1.165, 1.54) is 38.2 Å². The third-order valence-electron chi connectivity index (χ3n) is 5.17. The van der Waals surface area contributed by atoms with Gasteiger partial charge in [-0.2, -0.15) is 0 Å². The summed E-state index contributed by atoms with van der Waals surface area (Å²) in [5.41, 5.74) is 13.3. The molecule has 0 bridgehead atoms. The highest BCUT2D eigenvalue weighted by molar-refractivity contribution is 7.98. The van der Waals surface area contributed by atoms with Gasteiger partial charge in [0.25, 0.3) is 0 Å². The molecule has 4 heteroatoms. The number of methoxy groups -OCH3 is 1. The van der Waals surface area contributed by atoms with Crippen molar-refractivity contribution in [3.8, 4) is 17.0 Å². The van der Waals surface area contributed by atoms with E-state index in [-0.39, 0.29) is 0 Å². The van der Waals surface area contributed by atoms with Crippen molar-refractivity contribution in [2.45, 2.75) is 38.0 Å². The lowest BCUT2D eigenvalue weighted by atomic mass is 9.98. The fourth-order valence-corrected chi connectivity index (χ4v) is 3.95. The van der Waals surface area contributed by atoms with Crippen molar-refractivity contribution in [3.63, 3.8) is 0 Å². The first-order valence-corrected chi connectivity index (χ1v) is 10.4. The summed E-state index contributed by atoms with van der Waals surface area (Å²) < 4.78 is 5.68. The topological polar surface area (TPSA) is 51.0 Å². The molecule has 0 unspecified atom stereocenters. The zero-order valence-corrected chi connectivity index (χ0v) is 16.9. The quantitative estimate of drug-likeness (QED) is 0.430. The molecule has 3 rings (SSSR count). The second-order valence-electron chi connectivity index (χ2n) is 6.72. The first-order chi connectivity index (χ1) is 12.6. The van der Waals surface area contributed by atoms with Gasteiger partial charge in [-0.3, -0.25) is 0 Å². The van der Waals surface area contributed by atoms with Gasteiger partial charge in [0.15, 0.2) is 0 Å². The Kier molecular flexibility index (Phi) is 5.94. The number of hydrogen-bond donors (Lipinski definition) is 2. The van der Waals surface area contributed by atoms with Gasteiger partial charge in [0, 0.05) is 21.4 Å². The molecule has 0 aliphatic carbocycles. The van der Waals surface area contributed by atoms with E-state index >= 15 is 0 Å². The lowest BCUT2D eigenvalue weighted by Gasteiger charge is -2.11. The highest BCUT2D eigenvalue weighted by Gasteiger charge is 2.18. The van der Waals surface area contributed by atoms with Gasteiger partial charge in [-0.05, 0) is 80.8 Å². The number of benzene rings is 2. The lowest BCUT2D eigenvalue weighted by Crippen LogP contribution is -1.99. The molecule has 0 aliphatic heterocycles. The Balaban J connectivity index is 2.24. The lowest BCUT2D eigenvalue weighted by molar-refractivity contribution is 0.416. The number of fused-ring (bicyclic) bond motifs is 1. The molecule has 1 aromatic heterocycles. The van der Waals surface area contributed by atoms with Crippen molar-refractivity contribution < 1.29 is 4.74 Å². The second-order valence-corrected chi connectivity index (χ2v) is 7.60. The molecule has 0 fully saturated rings. The molecule has 26 heavy (non-hydrogen) atoms. The Hall–Kier alpha value is -1.91. The number of rotatable bonds is 7. The van der Waals surface area contributed by atoms with Crippen molar-refractivity contribution >= 4 is 22.7 Å². The van der Waals surface area contributed by atoms with Gasteiger partial charge in [-0.25, -0.2) is 0 Å². The molecule has 3 N–H and O–H groups in total. The summed E-state index contributed by atoms with van der Waals surface area (Å²) in [7, 11) is 1.74. The van der Waals surface area contributed by atoms with Crippen LogP contribution < -0.4 is 10.5 Å². The van der Waals surface area contributed by atoms with Crippen molar-refractivity contribution in [3.05, 3.63) is 47.0 Å². The predicted molar refractivity (Wildman–Crippen MR) is 114 cm³/mol. The molecule has 0 aliphatic rings. The number of aromatic amines is 1. The fourth-order valence-electron chi connectivity index (χ4n) is 3.51. The van der Waals surface area contributed by atoms with E-state index in [0.29, 0.717) is 0 Å². The summed E-state index contributed by atoms with van der Waals surface area (Å²) >= 11 is 1.75. The molecule has 3 nitrogen and oxygen atoms in total. The Labute approximate surface area is 160 Å². The smallest absolute Gasteiger partial charge is 0.128 e. The van der Waals surface area contributed by atoms with Gasteiger partial charge in [0.2, 0.25) is 0 Å². The van der Waals surface area contributed by atoms with E-state index in [1.807, 2.05) is 0 Å². The summed E-state index contributed by atoms with van der Waals surface area (Å²) in [6.45, 7) is 5.09. The maximum absolute atomic E-state index is 5.73. The average molecular weight is 369 g/mol. The summed E-state index contributed by atoms with van der Waals surface area (Å²) in [4.78, 5) is 4.96. The zero-order valence-electron chi connectivity index (χ0n) is 16.1. The van der Waals surface area contributed by atoms with Crippen LogP contribution in [-0.2, 0) is 6.42 Å². The average Bonchev–Trinajstić information content (AvgIpc) is 3.03. The molecule has 0 amide bonds. The van der Waals surface area contributed by atoms with Gasteiger partial charge in [0.05, 0.1) is 12.8 Å². The number of nitrogens with one attached hydrogen (secondary N) is 1. The molecule has 0 saturated heterocycles. The first-order valence-electron chi connectivity index (χ1n) is 9.14. The molecule has 0 saturated carbocycles. The Bertz CT molecular complexity index is 914. The van der Waals surface area contributed by atoms with E-state index in [1.54, 1.807) is 18.9 Å². The van der Waals surface area contributed by atoms with Gasteiger partial charge in [-0.1, -0.05) is 12.1 Å². The van der Waals surface area contributed by atoms with Crippen LogP contribution in [0, 0.1) is 13.8 Å². The Morgan fingerprint density at radius 2 is 1.92 bits per heavy atom. The molecule has 2 aromatic carbocycles. The van der Waals surface area contributed by atoms with Crippen LogP contribution >= 0.6 is 11.8 Å². The third-order valence-corrected chi connectivity index (χ3v) is 5.89. The van der Waals surface area contributed by atoms with E-state index < -0.39 is 0 Å². The minimum absolute atomic E-state index is 0.737. The molecule has 1 heterocycles. The molecule has 0 radical (unpaired) electrons. The molecule has 3 aromatic rings. The van der Waals surface area contributed by atoms with Gasteiger partial charge >= 0.3 is 0 Å². The fraction of sp³-hybridized carbons (Fsp3) is 0.364. The van der Waals surface area contributed by atoms with Crippen molar-refractivity contribution in [2.24, 2.45) is 5.73 Å². The molecule has 0 spiro atoms. The number of aryl methyl sites for hydroxylation is 3. The number of H-pyrrole nitrogens is 1. The van der Waals surface area contributed by atoms with E-state index in [2.05, 4.69) is 55.4 Å². The monoisotopic (exact) mass is 368 g/mol. The van der Waals surface area contributed by atoms with Crippen molar-refractivity contribution in [1.29, 1.82) is 0 Å². The number of aromatic nitrogens is 1. The van der Waals surface area contributed by atoms with Crippen LogP contribution in [0.2, 0.25) is 0 Å². The van der Waals surface area contributed by atoms with Crippen molar-refractivity contribution in [1.82, 2.24) is 4.98 Å².